The Morgan fingerprint density at radius 3 is 2.79 bits per heavy atom. The summed E-state index contributed by atoms with van der Waals surface area (Å²) in [6.07, 6.45) is 3.04. The molecule has 0 aliphatic heterocycles. The fraction of sp³-hybridized carbons (Fsp3) is 0.778. The van der Waals surface area contributed by atoms with Gasteiger partial charge in [0, 0.05) is 6.54 Å². The van der Waals surface area contributed by atoms with Gasteiger partial charge in [0.2, 0.25) is 0 Å². The van der Waals surface area contributed by atoms with Crippen molar-refractivity contribution in [1.82, 2.24) is 14.8 Å². The number of hydrogen-bond donors (Lipinski definition) is 1. The first kappa shape index (κ1) is 11.5. The van der Waals surface area contributed by atoms with Gasteiger partial charge in [-0.2, -0.15) is 11.8 Å². The number of aryl methyl sites for hydroxylation is 1. The van der Waals surface area contributed by atoms with Crippen molar-refractivity contribution in [2.45, 2.75) is 32.9 Å². The van der Waals surface area contributed by atoms with Crippen LogP contribution in [-0.2, 0) is 6.54 Å². The average molecular weight is 214 g/mol. The number of nitrogens with two attached hydrogens (primary N) is 1. The topological polar surface area (TPSA) is 56.7 Å². The Morgan fingerprint density at radius 2 is 2.21 bits per heavy atom. The first-order valence-corrected chi connectivity index (χ1v) is 6.24. The molecule has 1 rings (SSSR count). The molecule has 1 unspecified atom stereocenters. The van der Waals surface area contributed by atoms with Crippen molar-refractivity contribution in [2.24, 2.45) is 5.73 Å². The molecule has 1 heterocycles. The van der Waals surface area contributed by atoms with Crippen LogP contribution in [0.3, 0.4) is 0 Å². The second-order valence-corrected chi connectivity index (χ2v) is 4.22. The third-order valence-electron chi connectivity index (χ3n) is 2.25. The smallest absolute Gasteiger partial charge is 0.149 e. The van der Waals surface area contributed by atoms with Gasteiger partial charge in [-0.1, -0.05) is 0 Å². The predicted octanol–water partition coefficient (Wildman–Crippen LogP) is 1.36. The largest absolute Gasteiger partial charge is 0.321 e. The third-order valence-corrected chi connectivity index (χ3v) is 2.89. The fourth-order valence-electron chi connectivity index (χ4n) is 1.44. The summed E-state index contributed by atoms with van der Waals surface area (Å²) in [6, 6.07) is 0.0172. The third kappa shape index (κ3) is 2.48. The Morgan fingerprint density at radius 1 is 1.50 bits per heavy atom. The van der Waals surface area contributed by atoms with E-state index < -0.39 is 0 Å². The molecule has 0 bridgehead atoms. The Kier molecular flexibility index (Phi) is 4.41. The SMILES string of the molecule is CCn1c(C)nnc1C(N)CCSC. The van der Waals surface area contributed by atoms with E-state index in [4.69, 9.17) is 5.73 Å². The molecule has 1 aromatic rings. The Balaban J connectivity index is 2.73. The molecule has 0 aliphatic carbocycles. The lowest BCUT2D eigenvalue weighted by molar-refractivity contribution is 0.585. The molecule has 80 valence electrons. The molecular formula is C9H18N4S. The lowest BCUT2D eigenvalue weighted by Gasteiger charge is -2.11. The molecule has 1 atom stereocenters. The Bertz CT molecular complexity index is 284. The van der Waals surface area contributed by atoms with E-state index in [-0.39, 0.29) is 6.04 Å². The second-order valence-electron chi connectivity index (χ2n) is 3.24. The maximum atomic E-state index is 6.03. The quantitative estimate of drug-likeness (QED) is 0.804. The van der Waals surface area contributed by atoms with Crippen LogP contribution in [0.5, 0.6) is 0 Å². The zero-order valence-corrected chi connectivity index (χ0v) is 9.84. The minimum atomic E-state index is 0.0172. The van der Waals surface area contributed by atoms with Crippen molar-refractivity contribution in [3.8, 4) is 0 Å². The lowest BCUT2D eigenvalue weighted by atomic mass is 10.2. The highest BCUT2D eigenvalue weighted by Crippen LogP contribution is 2.14. The van der Waals surface area contributed by atoms with Crippen molar-refractivity contribution in [3.05, 3.63) is 11.6 Å². The first-order valence-electron chi connectivity index (χ1n) is 4.84. The standard InChI is InChI=1S/C9H18N4S/c1-4-13-7(2)11-12-9(13)8(10)5-6-14-3/h8H,4-6,10H2,1-3H3. The molecule has 0 saturated carbocycles. The zero-order valence-electron chi connectivity index (χ0n) is 9.03. The van der Waals surface area contributed by atoms with Gasteiger partial charge in [0.1, 0.15) is 11.6 Å². The van der Waals surface area contributed by atoms with E-state index in [9.17, 15) is 0 Å². The molecule has 2 N–H and O–H groups in total. The summed E-state index contributed by atoms with van der Waals surface area (Å²) in [6.45, 7) is 4.93. The van der Waals surface area contributed by atoms with Crippen molar-refractivity contribution < 1.29 is 0 Å². The van der Waals surface area contributed by atoms with Crippen LogP contribution < -0.4 is 5.73 Å². The zero-order chi connectivity index (χ0) is 10.6. The van der Waals surface area contributed by atoms with Gasteiger partial charge in [-0.05, 0) is 32.3 Å². The van der Waals surface area contributed by atoms with Gasteiger partial charge in [0.15, 0.2) is 0 Å². The van der Waals surface area contributed by atoms with E-state index in [2.05, 4.69) is 27.9 Å². The van der Waals surface area contributed by atoms with E-state index in [1.54, 1.807) is 0 Å². The number of thioether (sulfide) groups is 1. The molecule has 0 aliphatic rings. The van der Waals surface area contributed by atoms with Crippen molar-refractivity contribution in [1.29, 1.82) is 0 Å². The van der Waals surface area contributed by atoms with E-state index in [1.165, 1.54) is 0 Å². The molecule has 0 saturated heterocycles. The van der Waals surface area contributed by atoms with Crippen LogP contribution in [0, 0.1) is 6.92 Å². The van der Waals surface area contributed by atoms with Gasteiger partial charge in [0.05, 0.1) is 6.04 Å². The number of rotatable bonds is 5. The highest BCUT2D eigenvalue weighted by Gasteiger charge is 2.14. The molecule has 0 aromatic carbocycles. The average Bonchev–Trinajstić information content (AvgIpc) is 2.55. The number of hydrogen-bond acceptors (Lipinski definition) is 4. The summed E-state index contributed by atoms with van der Waals surface area (Å²) in [7, 11) is 0. The normalized spacial score (nSPS) is 13.1. The summed E-state index contributed by atoms with van der Waals surface area (Å²) in [5.41, 5.74) is 6.03. The van der Waals surface area contributed by atoms with Crippen LogP contribution in [-0.4, -0.2) is 26.8 Å². The van der Waals surface area contributed by atoms with Crippen molar-refractivity contribution >= 4 is 11.8 Å². The summed E-state index contributed by atoms with van der Waals surface area (Å²) in [5, 5.41) is 8.16. The summed E-state index contributed by atoms with van der Waals surface area (Å²) in [4.78, 5) is 0. The van der Waals surface area contributed by atoms with Crippen LogP contribution in [0.15, 0.2) is 0 Å². The van der Waals surface area contributed by atoms with E-state index in [0.717, 1.165) is 30.4 Å². The van der Waals surface area contributed by atoms with Gasteiger partial charge >= 0.3 is 0 Å². The van der Waals surface area contributed by atoms with Crippen molar-refractivity contribution in [2.75, 3.05) is 12.0 Å². The van der Waals surface area contributed by atoms with Gasteiger partial charge in [0.25, 0.3) is 0 Å². The summed E-state index contributed by atoms with van der Waals surface area (Å²) in [5.74, 6) is 2.93. The monoisotopic (exact) mass is 214 g/mol. The molecule has 0 radical (unpaired) electrons. The van der Waals surface area contributed by atoms with E-state index >= 15 is 0 Å². The molecule has 0 spiro atoms. The van der Waals surface area contributed by atoms with Crippen LogP contribution in [0.25, 0.3) is 0 Å². The molecule has 4 nitrogen and oxygen atoms in total. The molecule has 5 heteroatoms. The predicted molar refractivity (Wildman–Crippen MR) is 60.4 cm³/mol. The number of aromatic nitrogens is 3. The minimum absolute atomic E-state index is 0.0172. The van der Waals surface area contributed by atoms with Crippen LogP contribution >= 0.6 is 11.8 Å². The van der Waals surface area contributed by atoms with Crippen molar-refractivity contribution in [3.63, 3.8) is 0 Å². The molecule has 0 fully saturated rings. The lowest BCUT2D eigenvalue weighted by Crippen LogP contribution is -2.17. The Labute approximate surface area is 89.3 Å². The molecule has 0 amide bonds. The van der Waals surface area contributed by atoms with Gasteiger partial charge in [-0.25, -0.2) is 0 Å². The van der Waals surface area contributed by atoms with E-state index in [1.807, 2.05) is 18.7 Å². The van der Waals surface area contributed by atoms with Gasteiger partial charge in [-0.15, -0.1) is 10.2 Å². The molecule has 1 aromatic heterocycles. The second kappa shape index (κ2) is 5.36. The van der Waals surface area contributed by atoms with E-state index in [0.29, 0.717) is 0 Å². The Hall–Kier alpha value is -0.550. The van der Waals surface area contributed by atoms with Crippen LogP contribution in [0.1, 0.15) is 31.0 Å². The van der Waals surface area contributed by atoms with Gasteiger partial charge < -0.3 is 10.3 Å². The highest BCUT2D eigenvalue weighted by atomic mass is 32.2. The van der Waals surface area contributed by atoms with Crippen LogP contribution in [0.2, 0.25) is 0 Å². The number of nitrogens with zero attached hydrogens (tertiary/aromatic N) is 3. The molecule has 14 heavy (non-hydrogen) atoms. The maximum Gasteiger partial charge on any atom is 0.149 e. The minimum Gasteiger partial charge on any atom is -0.321 e. The fourth-order valence-corrected chi connectivity index (χ4v) is 1.93. The summed E-state index contributed by atoms with van der Waals surface area (Å²) >= 11 is 1.81. The molecular weight excluding hydrogens is 196 g/mol. The van der Waals surface area contributed by atoms with Crippen LogP contribution in [0.4, 0.5) is 0 Å². The first-order chi connectivity index (χ1) is 6.70. The highest BCUT2D eigenvalue weighted by molar-refractivity contribution is 7.98. The van der Waals surface area contributed by atoms with Gasteiger partial charge in [-0.3, -0.25) is 0 Å². The summed E-state index contributed by atoms with van der Waals surface area (Å²) < 4.78 is 2.07. The maximum absolute atomic E-state index is 6.03.